The third-order valence-corrected chi connectivity index (χ3v) is 1.96. The average Bonchev–Trinajstić information content (AvgIpc) is 2.88. The highest BCUT2D eigenvalue weighted by molar-refractivity contribution is 5.85. The van der Waals surface area contributed by atoms with Gasteiger partial charge in [0.15, 0.2) is 5.82 Å². The first-order valence-electron chi connectivity index (χ1n) is 4.44. The lowest BCUT2D eigenvalue weighted by molar-refractivity contribution is -0.0589. The molecule has 0 saturated carbocycles. The van der Waals surface area contributed by atoms with E-state index in [0.29, 0.717) is 19.1 Å². The van der Waals surface area contributed by atoms with Gasteiger partial charge < -0.3 is 14.0 Å². The van der Waals surface area contributed by atoms with Crippen LogP contribution in [-0.2, 0) is 9.47 Å². The van der Waals surface area contributed by atoms with Crippen LogP contribution < -0.4 is 10.2 Å². The molecule has 0 aromatic carbocycles. The van der Waals surface area contributed by atoms with Crippen LogP contribution in [0.4, 0.5) is 10.6 Å². The number of hydrogen-bond donors (Lipinski definition) is 1. The molecule has 1 aromatic rings. The molecule has 2 heterocycles. The lowest BCUT2D eigenvalue weighted by atomic mass is 10.6. The molecule has 0 aliphatic carbocycles. The van der Waals surface area contributed by atoms with Crippen molar-refractivity contribution in [3.63, 3.8) is 0 Å². The van der Waals surface area contributed by atoms with Crippen molar-refractivity contribution in [3.05, 3.63) is 12.3 Å². The zero-order valence-corrected chi connectivity index (χ0v) is 8.17. The molecular weight excluding hydrogens is 202 g/mol. The maximum Gasteiger partial charge on any atom is 0.417 e. The summed E-state index contributed by atoms with van der Waals surface area (Å²) in [6.45, 7) is 0.893. The molecule has 1 N–H and O–H groups in total. The van der Waals surface area contributed by atoms with E-state index >= 15 is 0 Å². The standard InChI is InChI=1S/C8H11N3O4/c1-11(6-2-3-14-10-6)8(12)15-7-4-9-5-13-7/h2-3,7,9H,4-5H2,1H3. The van der Waals surface area contributed by atoms with Gasteiger partial charge in [0.1, 0.15) is 13.0 Å². The summed E-state index contributed by atoms with van der Waals surface area (Å²) in [5, 5.41) is 6.50. The molecular formula is C8H11N3O4. The first-order valence-corrected chi connectivity index (χ1v) is 4.44. The third kappa shape index (κ3) is 2.25. The summed E-state index contributed by atoms with van der Waals surface area (Å²) in [6.07, 6.45) is 0.316. The van der Waals surface area contributed by atoms with E-state index in [1.807, 2.05) is 0 Å². The van der Waals surface area contributed by atoms with Gasteiger partial charge in [0.05, 0.1) is 6.54 Å². The molecule has 1 aromatic heterocycles. The van der Waals surface area contributed by atoms with Gasteiger partial charge in [-0.3, -0.25) is 10.2 Å². The van der Waals surface area contributed by atoms with Crippen LogP contribution in [0.1, 0.15) is 0 Å². The Morgan fingerprint density at radius 2 is 2.67 bits per heavy atom. The van der Waals surface area contributed by atoms with Crippen molar-refractivity contribution in [3.8, 4) is 0 Å². The fourth-order valence-corrected chi connectivity index (χ4v) is 1.13. The number of carbonyl (C=O) groups is 1. The highest BCUT2D eigenvalue weighted by Crippen LogP contribution is 2.10. The monoisotopic (exact) mass is 213 g/mol. The summed E-state index contributed by atoms with van der Waals surface area (Å²) in [5.74, 6) is 0.394. The lowest BCUT2D eigenvalue weighted by Gasteiger charge is -2.16. The van der Waals surface area contributed by atoms with E-state index in [0.717, 1.165) is 0 Å². The topological polar surface area (TPSA) is 76.8 Å². The third-order valence-electron chi connectivity index (χ3n) is 1.96. The number of nitrogens with zero attached hydrogens (tertiary/aromatic N) is 2. The van der Waals surface area contributed by atoms with Crippen molar-refractivity contribution in [2.75, 3.05) is 25.2 Å². The summed E-state index contributed by atoms with van der Waals surface area (Å²) in [5.41, 5.74) is 0. The van der Waals surface area contributed by atoms with Gasteiger partial charge in [-0.2, -0.15) is 0 Å². The predicted octanol–water partition coefficient (Wildman–Crippen LogP) is 0.151. The van der Waals surface area contributed by atoms with Crippen LogP contribution in [-0.4, -0.2) is 37.9 Å². The second-order valence-electron chi connectivity index (χ2n) is 3.00. The quantitative estimate of drug-likeness (QED) is 0.753. The van der Waals surface area contributed by atoms with Crippen LogP contribution >= 0.6 is 0 Å². The van der Waals surface area contributed by atoms with E-state index in [9.17, 15) is 4.79 Å². The van der Waals surface area contributed by atoms with Crippen molar-refractivity contribution < 1.29 is 18.8 Å². The molecule has 15 heavy (non-hydrogen) atoms. The van der Waals surface area contributed by atoms with Gasteiger partial charge in [0, 0.05) is 13.1 Å². The number of hydrogen-bond acceptors (Lipinski definition) is 6. The number of rotatable bonds is 2. The molecule has 0 spiro atoms. The fourth-order valence-electron chi connectivity index (χ4n) is 1.13. The van der Waals surface area contributed by atoms with E-state index in [1.165, 1.54) is 11.2 Å². The van der Waals surface area contributed by atoms with Gasteiger partial charge in [-0.1, -0.05) is 5.16 Å². The van der Waals surface area contributed by atoms with Crippen molar-refractivity contribution >= 4 is 11.9 Å². The molecule has 7 heteroatoms. The largest absolute Gasteiger partial charge is 0.418 e. The van der Waals surface area contributed by atoms with Crippen LogP contribution in [0.15, 0.2) is 16.9 Å². The Balaban J connectivity index is 1.90. The molecule has 1 aliphatic rings. The van der Waals surface area contributed by atoms with Gasteiger partial charge in [0.25, 0.3) is 0 Å². The number of aromatic nitrogens is 1. The normalized spacial score (nSPS) is 20.2. The van der Waals surface area contributed by atoms with E-state index in [-0.39, 0.29) is 0 Å². The van der Waals surface area contributed by atoms with E-state index < -0.39 is 12.4 Å². The summed E-state index contributed by atoms with van der Waals surface area (Å²) in [6, 6.07) is 1.56. The average molecular weight is 213 g/mol. The molecule has 1 unspecified atom stereocenters. The molecule has 82 valence electrons. The van der Waals surface area contributed by atoms with Crippen molar-refractivity contribution in [1.29, 1.82) is 0 Å². The number of nitrogens with one attached hydrogen (secondary N) is 1. The lowest BCUT2D eigenvalue weighted by Crippen LogP contribution is -2.32. The van der Waals surface area contributed by atoms with Crippen LogP contribution in [0.2, 0.25) is 0 Å². The van der Waals surface area contributed by atoms with E-state index in [1.54, 1.807) is 13.1 Å². The second kappa shape index (κ2) is 4.28. The predicted molar refractivity (Wildman–Crippen MR) is 49.1 cm³/mol. The Hall–Kier alpha value is -1.60. The first kappa shape index (κ1) is 9.94. The minimum atomic E-state index is -0.535. The molecule has 1 fully saturated rings. The first-order chi connectivity index (χ1) is 7.27. The molecule has 2 rings (SSSR count). The van der Waals surface area contributed by atoms with Crippen molar-refractivity contribution in [2.45, 2.75) is 6.29 Å². The van der Waals surface area contributed by atoms with Gasteiger partial charge in [0.2, 0.25) is 6.29 Å². The van der Waals surface area contributed by atoms with Gasteiger partial charge >= 0.3 is 6.09 Å². The number of ether oxygens (including phenoxy) is 2. The molecule has 7 nitrogen and oxygen atoms in total. The SMILES string of the molecule is CN(C(=O)OC1CNCO1)c1ccon1. The van der Waals surface area contributed by atoms with Crippen LogP contribution in [0, 0.1) is 0 Å². The molecule has 1 amide bonds. The summed E-state index contributed by atoms with van der Waals surface area (Å²) < 4.78 is 14.7. The summed E-state index contributed by atoms with van der Waals surface area (Å²) >= 11 is 0. The van der Waals surface area contributed by atoms with Crippen molar-refractivity contribution in [2.24, 2.45) is 0 Å². The van der Waals surface area contributed by atoms with Crippen molar-refractivity contribution in [1.82, 2.24) is 10.5 Å². The zero-order valence-electron chi connectivity index (χ0n) is 8.17. The van der Waals surface area contributed by atoms with Gasteiger partial charge in [-0.05, 0) is 0 Å². The molecule has 1 saturated heterocycles. The Labute approximate surface area is 85.9 Å². The smallest absolute Gasteiger partial charge is 0.417 e. The van der Waals surface area contributed by atoms with E-state index in [2.05, 4.69) is 15.0 Å². The highest BCUT2D eigenvalue weighted by atomic mass is 16.7. The zero-order chi connectivity index (χ0) is 10.7. The van der Waals surface area contributed by atoms with E-state index in [4.69, 9.17) is 9.47 Å². The number of anilines is 1. The van der Waals surface area contributed by atoms with Gasteiger partial charge in [-0.15, -0.1) is 0 Å². The van der Waals surface area contributed by atoms with Crippen LogP contribution in [0.5, 0.6) is 0 Å². The van der Waals surface area contributed by atoms with Gasteiger partial charge in [-0.25, -0.2) is 4.79 Å². The maximum atomic E-state index is 11.5. The second-order valence-corrected chi connectivity index (χ2v) is 3.00. The molecule has 1 atom stereocenters. The molecule has 1 aliphatic heterocycles. The van der Waals surface area contributed by atoms with Crippen LogP contribution in [0.25, 0.3) is 0 Å². The van der Waals surface area contributed by atoms with Crippen LogP contribution in [0.3, 0.4) is 0 Å². The maximum absolute atomic E-state index is 11.5. The number of carbonyl (C=O) groups excluding carboxylic acids is 1. The Morgan fingerprint density at radius 3 is 3.27 bits per heavy atom. The Morgan fingerprint density at radius 1 is 1.80 bits per heavy atom. The minimum absolute atomic E-state index is 0.394. The number of amides is 1. The fraction of sp³-hybridized carbons (Fsp3) is 0.500. The Bertz CT molecular complexity index is 321. The Kier molecular flexibility index (Phi) is 2.84. The summed E-state index contributed by atoms with van der Waals surface area (Å²) in [7, 11) is 1.54. The summed E-state index contributed by atoms with van der Waals surface area (Å²) in [4.78, 5) is 12.8. The molecule has 0 radical (unpaired) electrons. The highest BCUT2D eigenvalue weighted by Gasteiger charge is 2.23. The minimum Gasteiger partial charge on any atom is -0.418 e. The molecule has 0 bridgehead atoms.